The molecule has 0 aliphatic carbocycles. The van der Waals surface area contributed by atoms with Gasteiger partial charge < -0.3 is 10.2 Å². The van der Waals surface area contributed by atoms with Gasteiger partial charge >= 0.3 is 0 Å². The Morgan fingerprint density at radius 1 is 1.35 bits per heavy atom. The number of carbonyl (C=O) groups is 2. The number of thiophene rings is 1. The smallest absolute Gasteiger partial charge is 0.261 e. The number of hydrogen-bond acceptors (Lipinski definition) is 3. The molecule has 2 heterocycles. The Kier molecular flexibility index (Phi) is 3.78. The summed E-state index contributed by atoms with van der Waals surface area (Å²) in [4.78, 5) is 27.0. The maximum atomic E-state index is 11.7. The van der Waals surface area contributed by atoms with Crippen molar-refractivity contribution in [3.8, 4) is 0 Å². The number of nitrogens with one attached hydrogen (secondary N) is 1. The van der Waals surface area contributed by atoms with Crippen LogP contribution in [0.5, 0.6) is 0 Å². The second-order valence-electron chi connectivity index (χ2n) is 4.18. The van der Waals surface area contributed by atoms with Gasteiger partial charge in [-0.3, -0.25) is 9.59 Å². The summed E-state index contributed by atoms with van der Waals surface area (Å²) in [6.45, 7) is 3.71. The van der Waals surface area contributed by atoms with Crippen molar-refractivity contribution in [2.75, 3.05) is 19.6 Å². The van der Waals surface area contributed by atoms with E-state index < -0.39 is 0 Å². The fourth-order valence-corrected chi connectivity index (χ4v) is 2.66. The van der Waals surface area contributed by atoms with Gasteiger partial charge in [0.1, 0.15) is 0 Å². The fourth-order valence-electron chi connectivity index (χ4n) is 1.88. The monoisotopic (exact) mass is 252 g/mol. The molecule has 0 aromatic carbocycles. The third-order valence-corrected chi connectivity index (χ3v) is 3.82. The molecule has 0 saturated carbocycles. The molecular formula is C12H16N2O2S. The summed E-state index contributed by atoms with van der Waals surface area (Å²) in [5.41, 5.74) is 0. The van der Waals surface area contributed by atoms with Gasteiger partial charge in [-0.1, -0.05) is 0 Å². The topological polar surface area (TPSA) is 49.4 Å². The molecule has 1 aliphatic rings. The van der Waals surface area contributed by atoms with E-state index in [1.165, 1.54) is 11.3 Å². The van der Waals surface area contributed by atoms with E-state index in [2.05, 4.69) is 5.32 Å². The van der Waals surface area contributed by atoms with Gasteiger partial charge in [-0.2, -0.15) is 0 Å². The standard InChI is InChI=1S/C12H16N2O2S/c1-9-4-5-10(17-9)12(16)13-8-11(15)14-6-2-3-7-14/h4-5H,2-3,6-8H2,1H3,(H,13,16). The highest BCUT2D eigenvalue weighted by atomic mass is 32.1. The second-order valence-corrected chi connectivity index (χ2v) is 5.47. The fraction of sp³-hybridized carbons (Fsp3) is 0.500. The van der Waals surface area contributed by atoms with Crippen molar-refractivity contribution in [3.05, 3.63) is 21.9 Å². The highest BCUT2D eigenvalue weighted by Gasteiger charge is 2.18. The van der Waals surface area contributed by atoms with Gasteiger partial charge in [0.05, 0.1) is 11.4 Å². The molecular weight excluding hydrogens is 236 g/mol. The normalized spacial score (nSPS) is 15.0. The van der Waals surface area contributed by atoms with Gasteiger partial charge in [0.2, 0.25) is 5.91 Å². The van der Waals surface area contributed by atoms with E-state index in [0.29, 0.717) is 4.88 Å². The average molecular weight is 252 g/mol. The first kappa shape index (κ1) is 12.1. The van der Waals surface area contributed by atoms with Crippen LogP contribution in [-0.4, -0.2) is 36.3 Å². The van der Waals surface area contributed by atoms with Crippen LogP contribution in [0.25, 0.3) is 0 Å². The van der Waals surface area contributed by atoms with Crippen molar-refractivity contribution in [3.63, 3.8) is 0 Å². The van der Waals surface area contributed by atoms with Crippen LogP contribution in [0.4, 0.5) is 0 Å². The van der Waals surface area contributed by atoms with E-state index in [9.17, 15) is 9.59 Å². The summed E-state index contributed by atoms with van der Waals surface area (Å²) < 4.78 is 0. The second kappa shape index (κ2) is 5.31. The third-order valence-electron chi connectivity index (χ3n) is 2.82. The molecule has 1 saturated heterocycles. The maximum Gasteiger partial charge on any atom is 0.261 e. The zero-order chi connectivity index (χ0) is 12.3. The van der Waals surface area contributed by atoms with E-state index in [1.54, 1.807) is 11.0 Å². The first-order valence-corrected chi connectivity index (χ1v) is 6.61. The Morgan fingerprint density at radius 3 is 2.65 bits per heavy atom. The van der Waals surface area contributed by atoms with Crippen molar-refractivity contribution in [2.24, 2.45) is 0 Å². The number of rotatable bonds is 3. The maximum absolute atomic E-state index is 11.7. The minimum atomic E-state index is -0.157. The first-order valence-electron chi connectivity index (χ1n) is 5.79. The van der Waals surface area contributed by atoms with Crippen LogP contribution in [0.1, 0.15) is 27.4 Å². The molecule has 0 spiro atoms. The van der Waals surface area contributed by atoms with Crippen molar-refractivity contribution in [1.29, 1.82) is 0 Å². The van der Waals surface area contributed by atoms with Crippen LogP contribution in [-0.2, 0) is 4.79 Å². The van der Waals surface area contributed by atoms with Gasteiger partial charge in [0, 0.05) is 18.0 Å². The number of likely N-dealkylation sites (tertiary alicyclic amines) is 1. The molecule has 1 N–H and O–H groups in total. The zero-order valence-electron chi connectivity index (χ0n) is 9.86. The molecule has 0 unspecified atom stereocenters. The number of carbonyl (C=O) groups excluding carboxylic acids is 2. The molecule has 1 aliphatic heterocycles. The first-order chi connectivity index (χ1) is 8.16. The van der Waals surface area contributed by atoms with E-state index in [1.807, 2.05) is 13.0 Å². The summed E-state index contributed by atoms with van der Waals surface area (Å²) >= 11 is 1.44. The number of aryl methyl sites for hydroxylation is 1. The van der Waals surface area contributed by atoms with E-state index >= 15 is 0 Å². The molecule has 0 bridgehead atoms. The average Bonchev–Trinajstić information content (AvgIpc) is 2.95. The molecule has 1 aromatic rings. The van der Waals surface area contributed by atoms with Crippen LogP contribution in [0.2, 0.25) is 0 Å². The van der Waals surface area contributed by atoms with Gasteiger partial charge in [0.15, 0.2) is 0 Å². The quantitative estimate of drug-likeness (QED) is 0.884. The van der Waals surface area contributed by atoms with E-state index in [-0.39, 0.29) is 18.4 Å². The van der Waals surface area contributed by atoms with Crippen LogP contribution >= 0.6 is 11.3 Å². The lowest BCUT2D eigenvalue weighted by Crippen LogP contribution is -2.38. The molecule has 0 radical (unpaired) electrons. The molecule has 92 valence electrons. The van der Waals surface area contributed by atoms with Gasteiger partial charge in [-0.25, -0.2) is 0 Å². The van der Waals surface area contributed by atoms with Gasteiger partial charge in [0.25, 0.3) is 5.91 Å². The highest BCUT2D eigenvalue weighted by Crippen LogP contribution is 2.14. The minimum absolute atomic E-state index is 0.0177. The van der Waals surface area contributed by atoms with Crippen LogP contribution in [0, 0.1) is 6.92 Å². The molecule has 1 aromatic heterocycles. The summed E-state index contributed by atoms with van der Waals surface area (Å²) in [7, 11) is 0. The lowest BCUT2D eigenvalue weighted by molar-refractivity contribution is -0.129. The summed E-state index contributed by atoms with van der Waals surface area (Å²) in [5.74, 6) is -0.139. The molecule has 4 nitrogen and oxygen atoms in total. The Morgan fingerprint density at radius 2 is 2.06 bits per heavy atom. The number of amides is 2. The largest absolute Gasteiger partial charge is 0.342 e. The van der Waals surface area contributed by atoms with Crippen molar-refractivity contribution in [2.45, 2.75) is 19.8 Å². The summed E-state index contributed by atoms with van der Waals surface area (Å²) in [5, 5.41) is 2.67. The third kappa shape index (κ3) is 3.06. The molecule has 0 atom stereocenters. The Hall–Kier alpha value is -1.36. The van der Waals surface area contributed by atoms with Crippen molar-refractivity contribution < 1.29 is 9.59 Å². The molecule has 1 fully saturated rings. The van der Waals surface area contributed by atoms with Crippen LogP contribution in [0.3, 0.4) is 0 Å². The number of nitrogens with zero attached hydrogens (tertiary/aromatic N) is 1. The van der Waals surface area contributed by atoms with E-state index in [4.69, 9.17) is 0 Å². The predicted octanol–water partition coefficient (Wildman–Crippen LogP) is 1.41. The predicted molar refractivity (Wildman–Crippen MR) is 67.2 cm³/mol. The Balaban J connectivity index is 1.81. The van der Waals surface area contributed by atoms with Crippen LogP contribution in [0.15, 0.2) is 12.1 Å². The Labute approximate surface area is 105 Å². The highest BCUT2D eigenvalue weighted by molar-refractivity contribution is 7.13. The molecule has 2 amide bonds. The molecule has 5 heteroatoms. The Bertz CT molecular complexity index is 422. The zero-order valence-corrected chi connectivity index (χ0v) is 10.7. The van der Waals surface area contributed by atoms with Crippen molar-refractivity contribution in [1.82, 2.24) is 10.2 Å². The SMILES string of the molecule is Cc1ccc(C(=O)NCC(=O)N2CCCC2)s1. The molecule has 17 heavy (non-hydrogen) atoms. The lowest BCUT2D eigenvalue weighted by Gasteiger charge is -2.15. The number of hydrogen-bond donors (Lipinski definition) is 1. The van der Waals surface area contributed by atoms with Crippen molar-refractivity contribution >= 4 is 23.2 Å². The molecule has 2 rings (SSSR count). The van der Waals surface area contributed by atoms with Gasteiger partial charge in [-0.15, -0.1) is 11.3 Å². The van der Waals surface area contributed by atoms with Gasteiger partial charge in [-0.05, 0) is 31.9 Å². The van der Waals surface area contributed by atoms with E-state index in [0.717, 1.165) is 30.8 Å². The minimum Gasteiger partial charge on any atom is -0.342 e. The summed E-state index contributed by atoms with van der Waals surface area (Å²) in [6.07, 6.45) is 2.15. The van der Waals surface area contributed by atoms with Crippen LogP contribution < -0.4 is 5.32 Å². The lowest BCUT2D eigenvalue weighted by atomic mass is 10.4. The summed E-state index contributed by atoms with van der Waals surface area (Å²) in [6, 6.07) is 3.69.